The summed E-state index contributed by atoms with van der Waals surface area (Å²) < 4.78 is 1.58. The minimum absolute atomic E-state index is 0.0821. The molecule has 2 aliphatic rings. The number of aryl methyl sites for hydroxylation is 1. The topological polar surface area (TPSA) is 91.6 Å². The third-order valence-electron chi connectivity index (χ3n) is 7.26. The lowest BCUT2D eigenvalue weighted by Gasteiger charge is -2.12. The van der Waals surface area contributed by atoms with Crippen LogP contribution in [-0.2, 0) is 17.3 Å². The number of rotatable bonds is 4. The van der Waals surface area contributed by atoms with E-state index in [0.717, 1.165) is 33.4 Å². The van der Waals surface area contributed by atoms with Gasteiger partial charge in [-0.05, 0) is 52.9 Å². The monoisotopic (exact) mass is 484 g/mol. The van der Waals surface area contributed by atoms with Gasteiger partial charge in [-0.3, -0.25) is 4.79 Å². The van der Waals surface area contributed by atoms with E-state index in [4.69, 9.17) is 11.6 Å². The maximum atomic E-state index is 13.1. The first kappa shape index (κ1) is 21.5. The summed E-state index contributed by atoms with van der Waals surface area (Å²) in [6.07, 6.45) is 2.41. The number of hydrogen-bond donors (Lipinski definition) is 3. The molecule has 1 spiro atoms. The maximum absolute atomic E-state index is 13.1. The van der Waals surface area contributed by atoms with Crippen molar-refractivity contribution in [1.29, 1.82) is 0 Å². The first-order valence-corrected chi connectivity index (χ1v) is 11.6. The quantitative estimate of drug-likeness (QED) is 0.341. The summed E-state index contributed by atoms with van der Waals surface area (Å²) in [5.41, 5.74) is 5.26. The van der Waals surface area contributed by atoms with Gasteiger partial charge in [-0.25, -0.2) is 4.79 Å². The van der Waals surface area contributed by atoms with Crippen LogP contribution in [0, 0.1) is 0 Å². The lowest BCUT2D eigenvalue weighted by molar-refractivity contribution is -0.118. The van der Waals surface area contributed by atoms with Crippen LogP contribution < -0.4 is 5.32 Å². The number of aromatic nitrogens is 1. The molecule has 1 aromatic heterocycles. The second-order valence-corrected chi connectivity index (χ2v) is 9.64. The smallest absolute Gasteiger partial charge is 0.352 e. The fourth-order valence-corrected chi connectivity index (χ4v) is 5.65. The van der Waals surface area contributed by atoms with Crippen LogP contribution in [0.25, 0.3) is 22.3 Å². The number of nitrogens with zero attached hydrogens (tertiary/aromatic N) is 1. The zero-order valence-corrected chi connectivity index (χ0v) is 19.5. The fraction of sp³-hybridized carbons (Fsp3) is 0.143. The van der Waals surface area contributed by atoms with Crippen molar-refractivity contribution < 1.29 is 19.8 Å². The summed E-state index contributed by atoms with van der Waals surface area (Å²) in [4.78, 5) is 24.6. The van der Waals surface area contributed by atoms with Gasteiger partial charge in [-0.15, -0.1) is 0 Å². The Bertz CT molecular complexity index is 1540. The normalized spacial score (nSPS) is 20.1. The number of carbonyl (C=O) groups is 2. The van der Waals surface area contributed by atoms with Crippen LogP contribution in [0.15, 0.2) is 72.9 Å². The van der Waals surface area contributed by atoms with Crippen LogP contribution in [0.4, 0.5) is 5.69 Å². The van der Waals surface area contributed by atoms with Crippen molar-refractivity contribution >= 4 is 29.2 Å². The molecule has 3 N–H and O–H groups in total. The molecule has 2 unspecified atom stereocenters. The third-order valence-corrected chi connectivity index (χ3v) is 7.57. The highest BCUT2D eigenvalue weighted by atomic mass is 35.5. The molecule has 0 radical (unpaired) electrons. The van der Waals surface area contributed by atoms with E-state index in [2.05, 4.69) is 5.32 Å². The second kappa shape index (κ2) is 7.48. The van der Waals surface area contributed by atoms with Crippen LogP contribution in [-0.4, -0.2) is 26.7 Å². The van der Waals surface area contributed by atoms with Gasteiger partial charge in [-0.1, -0.05) is 54.1 Å². The number of anilines is 1. The molecule has 4 aromatic rings. The number of aromatic carboxylic acids is 1. The molecule has 0 bridgehead atoms. The van der Waals surface area contributed by atoms with E-state index in [0.29, 0.717) is 17.1 Å². The first-order chi connectivity index (χ1) is 16.8. The van der Waals surface area contributed by atoms with E-state index in [1.165, 1.54) is 0 Å². The number of phenols is 1. The number of aromatic hydroxyl groups is 1. The van der Waals surface area contributed by atoms with E-state index < -0.39 is 11.4 Å². The number of para-hydroxylation sites is 1. The first-order valence-electron chi connectivity index (χ1n) is 11.2. The SMILES string of the molecule is Cn1cc(C2CC23C(=O)Nc2cc(Cl)c(-c4ccc(-c5ccccc5O)cc4)cc23)cc1C(=O)O. The van der Waals surface area contributed by atoms with Gasteiger partial charge in [-0.2, -0.15) is 0 Å². The van der Waals surface area contributed by atoms with Crippen LogP contribution in [0.1, 0.15) is 34.0 Å². The number of carboxylic acid groups (broad SMARTS) is 1. The Labute approximate surface area is 206 Å². The molecule has 174 valence electrons. The summed E-state index contributed by atoms with van der Waals surface area (Å²) in [7, 11) is 1.70. The van der Waals surface area contributed by atoms with E-state index in [1.807, 2.05) is 42.5 Å². The van der Waals surface area contributed by atoms with E-state index >= 15 is 0 Å². The Kier molecular flexibility index (Phi) is 4.60. The number of benzene rings is 3. The van der Waals surface area contributed by atoms with Crippen molar-refractivity contribution in [3.8, 4) is 28.0 Å². The Morgan fingerprint density at radius 1 is 1.06 bits per heavy atom. The van der Waals surface area contributed by atoms with Crippen LogP contribution in [0.5, 0.6) is 5.75 Å². The van der Waals surface area contributed by atoms with Crippen molar-refractivity contribution in [2.75, 3.05) is 5.32 Å². The molecule has 1 aliphatic carbocycles. The molecular formula is C28H21ClN2O4. The zero-order valence-electron chi connectivity index (χ0n) is 18.7. The number of carbonyl (C=O) groups excluding carboxylic acids is 1. The number of amides is 1. The van der Waals surface area contributed by atoms with Gasteiger partial charge in [0.2, 0.25) is 5.91 Å². The highest BCUT2D eigenvalue weighted by Gasteiger charge is 2.65. The van der Waals surface area contributed by atoms with Crippen molar-refractivity contribution in [3.05, 3.63) is 94.8 Å². The Hall–Kier alpha value is -4.03. The summed E-state index contributed by atoms with van der Waals surface area (Å²) in [5, 5.41) is 23.1. The molecule has 0 saturated heterocycles. The predicted octanol–water partition coefficient (Wildman–Crippen LogP) is 5.79. The van der Waals surface area contributed by atoms with Crippen LogP contribution in [0.2, 0.25) is 5.02 Å². The van der Waals surface area contributed by atoms with Gasteiger partial charge in [0, 0.05) is 36.0 Å². The van der Waals surface area contributed by atoms with Gasteiger partial charge in [0.15, 0.2) is 0 Å². The Morgan fingerprint density at radius 2 is 1.74 bits per heavy atom. The average molecular weight is 485 g/mol. The highest BCUT2D eigenvalue weighted by Crippen LogP contribution is 2.65. The number of hydrogen-bond acceptors (Lipinski definition) is 3. The van der Waals surface area contributed by atoms with Gasteiger partial charge in [0.1, 0.15) is 11.4 Å². The van der Waals surface area contributed by atoms with E-state index in [-0.39, 0.29) is 23.3 Å². The van der Waals surface area contributed by atoms with Crippen molar-refractivity contribution in [3.63, 3.8) is 0 Å². The highest BCUT2D eigenvalue weighted by molar-refractivity contribution is 6.34. The lowest BCUT2D eigenvalue weighted by atomic mass is 9.90. The summed E-state index contributed by atoms with van der Waals surface area (Å²) in [6, 6.07) is 20.4. The Balaban J connectivity index is 1.38. The average Bonchev–Trinajstić information content (AvgIpc) is 3.38. The molecule has 1 saturated carbocycles. The molecule has 2 heterocycles. The summed E-state index contributed by atoms with van der Waals surface area (Å²) >= 11 is 6.64. The largest absolute Gasteiger partial charge is 0.507 e. The van der Waals surface area contributed by atoms with Crippen LogP contribution >= 0.6 is 11.6 Å². The molecule has 6 rings (SSSR count). The molecule has 3 aromatic carbocycles. The molecule has 35 heavy (non-hydrogen) atoms. The lowest BCUT2D eigenvalue weighted by Crippen LogP contribution is -2.20. The number of nitrogens with one attached hydrogen (secondary N) is 1. The zero-order chi connectivity index (χ0) is 24.5. The van der Waals surface area contributed by atoms with Gasteiger partial charge < -0.3 is 20.1 Å². The number of carboxylic acids is 1. The van der Waals surface area contributed by atoms with E-state index in [1.54, 1.807) is 42.1 Å². The van der Waals surface area contributed by atoms with E-state index in [9.17, 15) is 19.8 Å². The third kappa shape index (κ3) is 3.17. The standard InChI is InChI=1S/C28H21ClN2O4/c1-31-14-17(10-24(31)26(33)34)21-13-28(21)20-11-19(22(29)12-23(20)30-27(28)35)16-8-6-15(7-9-16)18-4-2-3-5-25(18)32/h2-12,14,21,32H,13H2,1H3,(H,30,35)(H,33,34). The van der Waals surface area contributed by atoms with Crippen molar-refractivity contribution in [2.45, 2.75) is 17.8 Å². The molecule has 2 atom stereocenters. The van der Waals surface area contributed by atoms with Crippen molar-refractivity contribution in [2.24, 2.45) is 7.05 Å². The molecule has 7 heteroatoms. The second-order valence-electron chi connectivity index (χ2n) is 9.23. The number of halogens is 1. The van der Waals surface area contributed by atoms with Crippen molar-refractivity contribution in [1.82, 2.24) is 4.57 Å². The summed E-state index contributed by atoms with van der Waals surface area (Å²) in [6.45, 7) is 0. The minimum Gasteiger partial charge on any atom is -0.507 e. The number of phenolic OH excluding ortho intramolecular Hbond substituents is 1. The molecule has 1 aliphatic heterocycles. The molecule has 6 nitrogen and oxygen atoms in total. The van der Waals surface area contributed by atoms with Gasteiger partial charge in [0.25, 0.3) is 0 Å². The van der Waals surface area contributed by atoms with Gasteiger partial charge >= 0.3 is 5.97 Å². The summed E-state index contributed by atoms with van der Waals surface area (Å²) in [5.74, 6) is -0.956. The fourth-order valence-electron chi connectivity index (χ4n) is 5.38. The predicted molar refractivity (Wildman–Crippen MR) is 134 cm³/mol. The minimum atomic E-state index is -0.994. The Morgan fingerprint density at radius 3 is 2.40 bits per heavy atom. The number of fused-ring (bicyclic) bond motifs is 2. The molecule has 1 fully saturated rings. The molecular weight excluding hydrogens is 464 g/mol. The molecule has 1 amide bonds. The maximum Gasteiger partial charge on any atom is 0.352 e. The van der Waals surface area contributed by atoms with Crippen LogP contribution in [0.3, 0.4) is 0 Å². The van der Waals surface area contributed by atoms with Gasteiger partial charge in [0.05, 0.1) is 10.4 Å².